The van der Waals surface area contributed by atoms with Crippen LogP contribution in [0.4, 0.5) is 11.4 Å². The van der Waals surface area contributed by atoms with Gasteiger partial charge in [-0.1, -0.05) is 34.8 Å². The predicted molar refractivity (Wildman–Crippen MR) is 84.9 cm³/mol. The van der Waals surface area contributed by atoms with Crippen molar-refractivity contribution in [2.24, 2.45) is 0 Å². The molecule has 0 saturated heterocycles. The molecular weight excluding hydrogens is 303 g/mol. The Morgan fingerprint density at radius 2 is 1.37 bits per heavy atom. The van der Waals surface area contributed by atoms with E-state index in [2.05, 4.69) is 10.6 Å². The second-order valence-electron chi connectivity index (χ2n) is 3.98. The fourth-order valence-corrected chi connectivity index (χ4v) is 2.21. The van der Waals surface area contributed by atoms with Gasteiger partial charge in [-0.15, -0.1) is 0 Å². The number of anilines is 2. The molecule has 0 unspecified atom stereocenters. The molecule has 0 radical (unpaired) electrons. The average Bonchev–Trinajstić information content (AvgIpc) is 2.39. The van der Waals surface area contributed by atoms with Crippen LogP contribution < -0.4 is 10.6 Å². The Bertz CT molecular complexity index is 541. The van der Waals surface area contributed by atoms with Crippen molar-refractivity contribution in [1.82, 2.24) is 0 Å². The highest BCUT2D eigenvalue weighted by Crippen LogP contribution is 2.25. The zero-order chi connectivity index (χ0) is 13.7. The smallest absolute Gasteiger partial charge is 0.0652 e. The van der Waals surface area contributed by atoms with Crippen molar-refractivity contribution in [3.05, 3.63) is 57.5 Å². The fraction of sp³-hybridized carbons (Fsp3) is 0.143. The molecule has 0 spiro atoms. The van der Waals surface area contributed by atoms with E-state index in [1.165, 1.54) is 0 Å². The molecule has 0 heterocycles. The van der Waals surface area contributed by atoms with Crippen LogP contribution in [0.25, 0.3) is 0 Å². The van der Waals surface area contributed by atoms with Crippen LogP contribution in [0.15, 0.2) is 42.5 Å². The summed E-state index contributed by atoms with van der Waals surface area (Å²) in [4.78, 5) is 0. The molecule has 0 aliphatic carbocycles. The molecule has 5 heteroatoms. The topological polar surface area (TPSA) is 24.1 Å². The zero-order valence-corrected chi connectivity index (χ0v) is 12.4. The molecule has 2 aromatic rings. The molecule has 0 atom stereocenters. The third kappa shape index (κ3) is 4.50. The van der Waals surface area contributed by atoms with Gasteiger partial charge in [0.05, 0.1) is 10.7 Å². The minimum absolute atomic E-state index is 0.624. The normalized spacial score (nSPS) is 10.3. The lowest BCUT2D eigenvalue weighted by atomic mass is 10.3. The van der Waals surface area contributed by atoms with Gasteiger partial charge in [-0.2, -0.15) is 0 Å². The van der Waals surface area contributed by atoms with Crippen LogP contribution in [0.3, 0.4) is 0 Å². The molecule has 2 aromatic carbocycles. The zero-order valence-electron chi connectivity index (χ0n) is 10.1. The molecule has 100 valence electrons. The van der Waals surface area contributed by atoms with Gasteiger partial charge in [0.25, 0.3) is 0 Å². The number of hydrogen-bond donors (Lipinski definition) is 2. The first-order valence-electron chi connectivity index (χ1n) is 5.83. The van der Waals surface area contributed by atoms with Gasteiger partial charge in [0.2, 0.25) is 0 Å². The van der Waals surface area contributed by atoms with E-state index >= 15 is 0 Å². The molecule has 0 saturated carbocycles. The lowest BCUT2D eigenvalue weighted by Crippen LogP contribution is -2.13. The molecule has 0 bridgehead atoms. The molecule has 19 heavy (non-hydrogen) atoms. The molecule has 0 amide bonds. The molecule has 2 nitrogen and oxygen atoms in total. The number of benzene rings is 2. The van der Waals surface area contributed by atoms with Gasteiger partial charge in [-0.3, -0.25) is 0 Å². The van der Waals surface area contributed by atoms with E-state index in [0.717, 1.165) is 29.5 Å². The van der Waals surface area contributed by atoms with Gasteiger partial charge >= 0.3 is 0 Å². The van der Waals surface area contributed by atoms with E-state index in [0.29, 0.717) is 10.0 Å². The summed E-state index contributed by atoms with van der Waals surface area (Å²) in [5, 5.41) is 8.52. The third-order valence-electron chi connectivity index (χ3n) is 2.54. The van der Waals surface area contributed by atoms with Crippen molar-refractivity contribution < 1.29 is 0 Å². The van der Waals surface area contributed by atoms with Crippen LogP contribution in [-0.2, 0) is 0 Å². The van der Waals surface area contributed by atoms with Crippen molar-refractivity contribution in [2.75, 3.05) is 23.7 Å². The van der Waals surface area contributed by atoms with Gasteiger partial charge in [-0.25, -0.2) is 0 Å². The Morgan fingerprint density at radius 1 is 0.737 bits per heavy atom. The largest absolute Gasteiger partial charge is 0.383 e. The van der Waals surface area contributed by atoms with E-state index in [1.54, 1.807) is 6.07 Å². The second kappa shape index (κ2) is 6.90. The highest BCUT2D eigenvalue weighted by Gasteiger charge is 2.00. The van der Waals surface area contributed by atoms with E-state index in [1.807, 2.05) is 36.4 Å². The van der Waals surface area contributed by atoms with E-state index in [4.69, 9.17) is 34.8 Å². The summed E-state index contributed by atoms with van der Waals surface area (Å²) in [6.07, 6.45) is 0. The Labute approximate surface area is 127 Å². The van der Waals surface area contributed by atoms with E-state index < -0.39 is 0 Å². The van der Waals surface area contributed by atoms with Crippen molar-refractivity contribution >= 4 is 46.2 Å². The van der Waals surface area contributed by atoms with E-state index in [9.17, 15) is 0 Å². The number of rotatable bonds is 5. The highest BCUT2D eigenvalue weighted by atomic mass is 35.5. The average molecular weight is 316 g/mol. The Balaban J connectivity index is 1.79. The van der Waals surface area contributed by atoms with Crippen LogP contribution in [0.5, 0.6) is 0 Å². The van der Waals surface area contributed by atoms with Crippen LogP contribution in [0.1, 0.15) is 0 Å². The van der Waals surface area contributed by atoms with Crippen LogP contribution >= 0.6 is 34.8 Å². The summed E-state index contributed by atoms with van der Waals surface area (Å²) in [5.74, 6) is 0. The fourth-order valence-electron chi connectivity index (χ4n) is 1.60. The Morgan fingerprint density at radius 3 is 2.05 bits per heavy atom. The molecule has 0 aromatic heterocycles. The predicted octanol–water partition coefficient (Wildman–Crippen LogP) is 5.17. The van der Waals surface area contributed by atoms with Crippen molar-refractivity contribution in [1.29, 1.82) is 0 Å². The number of nitrogens with one attached hydrogen (secondary N) is 2. The lowest BCUT2D eigenvalue weighted by Gasteiger charge is -2.10. The lowest BCUT2D eigenvalue weighted by molar-refractivity contribution is 1.08. The highest BCUT2D eigenvalue weighted by molar-refractivity contribution is 6.36. The SMILES string of the molecule is Clc1ccc(NCCNc2ccc(Cl)cc2Cl)cc1. The molecule has 2 N–H and O–H groups in total. The van der Waals surface area contributed by atoms with Crippen LogP contribution in [0.2, 0.25) is 15.1 Å². The maximum Gasteiger partial charge on any atom is 0.0652 e. The quantitative estimate of drug-likeness (QED) is 0.744. The summed E-state index contributed by atoms with van der Waals surface area (Å²) >= 11 is 17.7. The summed E-state index contributed by atoms with van der Waals surface area (Å²) in [5.41, 5.74) is 1.91. The standard InChI is InChI=1S/C14H13Cl3N2/c15-10-1-4-12(5-2-10)18-7-8-19-14-6-3-11(16)9-13(14)17/h1-6,9,18-19H,7-8H2. The monoisotopic (exact) mass is 314 g/mol. The van der Waals surface area contributed by atoms with Gasteiger partial charge in [0.15, 0.2) is 0 Å². The first kappa shape index (κ1) is 14.3. The summed E-state index contributed by atoms with van der Waals surface area (Å²) in [6, 6.07) is 13.0. The molecule has 0 aliphatic rings. The van der Waals surface area contributed by atoms with Gasteiger partial charge in [0.1, 0.15) is 0 Å². The Hall–Kier alpha value is -1.09. The van der Waals surface area contributed by atoms with Gasteiger partial charge in [0, 0.05) is 28.8 Å². The maximum atomic E-state index is 6.06. The first-order chi connectivity index (χ1) is 9.15. The molecule has 0 fully saturated rings. The van der Waals surface area contributed by atoms with Crippen molar-refractivity contribution in [2.45, 2.75) is 0 Å². The number of halogens is 3. The van der Waals surface area contributed by atoms with Crippen molar-refractivity contribution in [3.63, 3.8) is 0 Å². The third-order valence-corrected chi connectivity index (χ3v) is 3.34. The Kier molecular flexibility index (Phi) is 5.20. The van der Waals surface area contributed by atoms with E-state index in [-0.39, 0.29) is 0 Å². The van der Waals surface area contributed by atoms with Crippen molar-refractivity contribution in [3.8, 4) is 0 Å². The second-order valence-corrected chi connectivity index (χ2v) is 5.26. The number of hydrogen-bond acceptors (Lipinski definition) is 2. The van der Waals surface area contributed by atoms with Gasteiger partial charge < -0.3 is 10.6 Å². The molecule has 2 rings (SSSR count). The minimum Gasteiger partial charge on any atom is -0.383 e. The maximum absolute atomic E-state index is 6.06. The van der Waals surface area contributed by atoms with Crippen LogP contribution in [-0.4, -0.2) is 13.1 Å². The van der Waals surface area contributed by atoms with Gasteiger partial charge in [-0.05, 0) is 42.5 Å². The summed E-state index contributed by atoms with van der Waals surface area (Å²) < 4.78 is 0. The van der Waals surface area contributed by atoms with Crippen LogP contribution in [0, 0.1) is 0 Å². The summed E-state index contributed by atoms with van der Waals surface area (Å²) in [7, 11) is 0. The first-order valence-corrected chi connectivity index (χ1v) is 6.97. The molecule has 0 aliphatic heterocycles. The minimum atomic E-state index is 0.624. The summed E-state index contributed by atoms with van der Waals surface area (Å²) in [6.45, 7) is 1.53. The molecular formula is C14H13Cl3N2.